The fourth-order valence-corrected chi connectivity index (χ4v) is 0.428. The first kappa shape index (κ1) is 16.5. The zero-order valence-corrected chi connectivity index (χ0v) is 8.63. The highest BCUT2D eigenvalue weighted by atomic mass is 33.1. The molecule has 1 N–H and O–H groups in total. The maximum Gasteiger partial charge on any atom is 0.319 e. The molecule has 78 valence electrons. The SMILES string of the molecule is COS(=O)(=O)S.Oc1ccccc1.[MgH2]. The van der Waals surface area contributed by atoms with Gasteiger partial charge in [0.2, 0.25) is 0 Å². The summed E-state index contributed by atoms with van der Waals surface area (Å²) in [4.78, 5) is 0. The third kappa shape index (κ3) is 12.0. The summed E-state index contributed by atoms with van der Waals surface area (Å²) in [5.41, 5.74) is 0. The Morgan fingerprint density at radius 3 is 1.79 bits per heavy atom. The van der Waals surface area contributed by atoms with Gasteiger partial charge in [0, 0.05) is 0 Å². The number of benzene rings is 1. The van der Waals surface area contributed by atoms with Crippen LogP contribution in [0.5, 0.6) is 5.75 Å². The standard InChI is InChI=1S/C6H6O.CH4O3S2.Mg.2H/c7-6-4-2-1-3-5-6;1-4-6(2,3)5;;;/h1-5,7H;1H3,(H,2,3,5);;;. The second-order valence-corrected chi connectivity index (χ2v) is 4.46. The van der Waals surface area contributed by atoms with Crippen molar-refractivity contribution in [3.8, 4) is 5.75 Å². The minimum atomic E-state index is -3.47. The smallest absolute Gasteiger partial charge is 0.319 e. The first-order valence-electron chi connectivity index (χ1n) is 3.23. The molecule has 0 aliphatic rings. The predicted molar refractivity (Wildman–Crippen MR) is 61.6 cm³/mol. The molecule has 1 rings (SSSR count). The first-order chi connectivity index (χ1) is 5.95. The molecule has 7 heteroatoms. The van der Waals surface area contributed by atoms with Crippen molar-refractivity contribution in [2.45, 2.75) is 0 Å². The summed E-state index contributed by atoms with van der Waals surface area (Å²) in [5, 5.41) is 8.63. The Morgan fingerprint density at radius 2 is 1.64 bits per heavy atom. The maximum atomic E-state index is 9.64. The fraction of sp³-hybridized carbons (Fsp3) is 0.143. The molecule has 0 aromatic heterocycles. The van der Waals surface area contributed by atoms with Gasteiger partial charge in [-0.15, -0.1) is 0 Å². The molecule has 0 aliphatic heterocycles. The van der Waals surface area contributed by atoms with Crippen molar-refractivity contribution >= 4 is 43.9 Å². The lowest BCUT2D eigenvalue weighted by Gasteiger charge is -1.82. The van der Waals surface area contributed by atoms with E-state index < -0.39 is 9.15 Å². The fourth-order valence-electron chi connectivity index (χ4n) is 0.428. The van der Waals surface area contributed by atoms with E-state index in [9.17, 15) is 8.42 Å². The van der Waals surface area contributed by atoms with Gasteiger partial charge < -0.3 is 5.11 Å². The van der Waals surface area contributed by atoms with E-state index in [-0.39, 0.29) is 23.1 Å². The van der Waals surface area contributed by atoms with Crippen molar-refractivity contribution in [1.29, 1.82) is 0 Å². The number of hydrogen-bond acceptors (Lipinski definition) is 4. The summed E-state index contributed by atoms with van der Waals surface area (Å²) < 4.78 is 23.1. The van der Waals surface area contributed by atoms with Gasteiger partial charge in [-0.25, -0.2) is 0 Å². The highest BCUT2D eigenvalue weighted by Gasteiger charge is 1.92. The highest BCUT2D eigenvalue weighted by molar-refractivity contribution is 8.61. The third-order valence-corrected chi connectivity index (χ3v) is 1.84. The second-order valence-electron chi connectivity index (χ2n) is 1.93. The van der Waals surface area contributed by atoms with Crippen LogP contribution < -0.4 is 0 Å². The van der Waals surface area contributed by atoms with Crippen molar-refractivity contribution in [3.63, 3.8) is 0 Å². The lowest BCUT2D eigenvalue weighted by molar-refractivity contribution is 0.413. The van der Waals surface area contributed by atoms with Crippen molar-refractivity contribution in [2.24, 2.45) is 0 Å². The zero-order valence-electron chi connectivity index (χ0n) is 6.91. The summed E-state index contributed by atoms with van der Waals surface area (Å²) >= 11 is 3.00. The van der Waals surface area contributed by atoms with Crippen LogP contribution in [0.4, 0.5) is 0 Å². The largest absolute Gasteiger partial charge is 0.508 e. The molecular formula is C7H12MgO4S2. The molecule has 0 radical (unpaired) electrons. The Bertz CT molecular complexity index is 325. The molecule has 0 heterocycles. The van der Waals surface area contributed by atoms with E-state index in [4.69, 9.17) is 5.11 Å². The Balaban J connectivity index is 0. The van der Waals surface area contributed by atoms with Crippen LogP contribution in [0.2, 0.25) is 0 Å². The van der Waals surface area contributed by atoms with Crippen molar-refractivity contribution in [2.75, 3.05) is 7.11 Å². The van der Waals surface area contributed by atoms with Crippen LogP contribution in [0.15, 0.2) is 30.3 Å². The first-order valence-corrected chi connectivity index (χ1v) is 5.69. The van der Waals surface area contributed by atoms with E-state index in [1.165, 1.54) is 0 Å². The van der Waals surface area contributed by atoms with Gasteiger partial charge in [-0.05, 0) is 23.8 Å². The molecular weight excluding hydrogens is 237 g/mol. The summed E-state index contributed by atoms with van der Waals surface area (Å²) in [6.45, 7) is 0. The van der Waals surface area contributed by atoms with Gasteiger partial charge in [0.15, 0.2) is 0 Å². The number of thiol groups is 1. The van der Waals surface area contributed by atoms with Crippen LogP contribution in [0, 0.1) is 0 Å². The molecule has 0 fully saturated rings. The topological polar surface area (TPSA) is 63.6 Å². The quantitative estimate of drug-likeness (QED) is 0.426. The second kappa shape index (κ2) is 8.36. The molecule has 1 aromatic carbocycles. The molecule has 0 saturated heterocycles. The highest BCUT2D eigenvalue weighted by Crippen LogP contribution is 2.02. The number of phenols is 1. The van der Waals surface area contributed by atoms with E-state index in [1.54, 1.807) is 24.3 Å². The summed E-state index contributed by atoms with van der Waals surface area (Å²) in [6, 6.07) is 8.71. The average molecular weight is 249 g/mol. The number of para-hydroxylation sites is 1. The third-order valence-electron chi connectivity index (χ3n) is 0.967. The van der Waals surface area contributed by atoms with Gasteiger partial charge in [-0.3, -0.25) is 4.18 Å². The van der Waals surface area contributed by atoms with E-state index in [2.05, 4.69) is 15.8 Å². The molecule has 0 aliphatic carbocycles. The van der Waals surface area contributed by atoms with Gasteiger partial charge >= 0.3 is 32.2 Å². The molecule has 0 spiro atoms. The normalized spacial score (nSPS) is 9.29. The van der Waals surface area contributed by atoms with Crippen LogP contribution in [0.3, 0.4) is 0 Å². The Morgan fingerprint density at radius 1 is 1.29 bits per heavy atom. The molecule has 0 bridgehead atoms. The number of phenolic OH excluding ortho intramolecular Hbond substituents is 1. The zero-order chi connectivity index (χ0) is 10.3. The maximum absolute atomic E-state index is 9.64. The number of rotatable bonds is 1. The Labute approximate surface area is 104 Å². The van der Waals surface area contributed by atoms with Crippen LogP contribution in [-0.4, -0.2) is 43.7 Å². The van der Waals surface area contributed by atoms with E-state index in [1.807, 2.05) is 6.07 Å². The predicted octanol–water partition coefficient (Wildman–Crippen LogP) is 0.283. The molecule has 14 heavy (non-hydrogen) atoms. The summed E-state index contributed by atoms with van der Waals surface area (Å²) in [7, 11) is -2.42. The van der Waals surface area contributed by atoms with Gasteiger partial charge in [-0.1, -0.05) is 18.2 Å². The molecule has 1 aromatic rings. The Hall–Kier alpha value is 0.0462. The molecule has 4 nitrogen and oxygen atoms in total. The van der Waals surface area contributed by atoms with Gasteiger partial charge in [0.05, 0.1) is 7.11 Å². The van der Waals surface area contributed by atoms with Crippen LogP contribution in [-0.2, 0) is 13.3 Å². The minimum Gasteiger partial charge on any atom is -0.508 e. The molecule has 0 amide bonds. The molecule has 0 unspecified atom stereocenters. The van der Waals surface area contributed by atoms with Gasteiger partial charge in [-0.2, -0.15) is 8.42 Å². The van der Waals surface area contributed by atoms with Crippen molar-refractivity contribution in [3.05, 3.63) is 30.3 Å². The summed E-state index contributed by atoms with van der Waals surface area (Å²) in [6.07, 6.45) is 0. The molecule has 0 saturated carbocycles. The number of aromatic hydroxyl groups is 1. The van der Waals surface area contributed by atoms with Crippen molar-refractivity contribution < 1.29 is 17.7 Å². The molecule has 0 atom stereocenters. The van der Waals surface area contributed by atoms with Crippen LogP contribution in [0.1, 0.15) is 0 Å². The van der Waals surface area contributed by atoms with E-state index >= 15 is 0 Å². The van der Waals surface area contributed by atoms with Gasteiger partial charge in [0.1, 0.15) is 5.75 Å². The number of hydrogen-bond donors (Lipinski definition) is 2. The Kier molecular flexibility index (Phi) is 9.84. The van der Waals surface area contributed by atoms with E-state index in [0.29, 0.717) is 5.75 Å². The lowest BCUT2D eigenvalue weighted by atomic mass is 10.3. The van der Waals surface area contributed by atoms with Crippen molar-refractivity contribution in [1.82, 2.24) is 0 Å². The van der Waals surface area contributed by atoms with Gasteiger partial charge in [0.25, 0.3) is 0 Å². The van der Waals surface area contributed by atoms with E-state index in [0.717, 1.165) is 7.11 Å². The monoisotopic (exact) mass is 248 g/mol. The van der Waals surface area contributed by atoms with Crippen LogP contribution in [0.25, 0.3) is 0 Å². The lowest BCUT2D eigenvalue weighted by Crippen LogP contribution is -1.87. The minimum absolute atomic E-state index is 0. The summed E-state index contributed by atoms with van der Waals surface area (Å²) in [5.74, 6) is 0.322. The average Bonchev–Trinajstić information content (AvgIpc) is 2.06. The van der Waals surface area contributed by atoms with Crippen LogP contribution >= 0.6 is 11.7 Å².